The van der Waals surface area contributed by atoms with E-state index in [1.807, 2.05) is 24.3 Å². The molecule has 0 spiro atoms. The number of hydrogen-bond donors (Lipinski definition) is 0. The Balaban J connectivity index is 0.000000319. The van der Waals surface area contributed by atoms with Crippen LogP contribution in [0.3, 0.4) is 0 Å². The zero-order chi connectivity index (χ0) is 52.2. The van der Waals surface area contributed by atoms with Gasteiger partial charge in [-0.2, -0.15) is 0 Å². The van der Waals surface area contributed by atoms with Crippen LogP contribution in [0.25, 0.3) is 0 Å². The fourth-order valence-corrected chi connectivity index (χ4v) is 12.5. The predicted octanol–water partition coefficient (Wildman–Crippen LogP) is 11.5. The quantitative estimate of drug-likeness (QED) is 0.0737. The van der Waals surface area contributed by atoms with Gasteiger partial charge in [0.25, 0.3) is 0 Å². The number of ether oxygens (including phenoxy) is 10. The second-order valence-electron chi connectivity index (χ2n) is 22.4. The summed E-state index contributed by atoms with van der Waals surface area (Å²) in [6, 6.07) is 8.01. The Kier molecular flexibility index (Phi) is 26.9. The first-order valence-corrected chi connectivity index (χ1v) is 27.7. The van der Waals surface area contributed by atoms with Crippen LogP contribution >= 0.6 is 0 Å². The van der Waals surface area contributed by atoms with Gasteiger partial charge in [0.15, 0.2) is 0 Å². The van der Waals surface area contributed by atoms with Crippen LogP contribution in [-0.4, -0.2) is 118 Å². The molecule has 0 N–H and O–H groups in total. The monoisotopic (exact) mass is 1110 g/mol. The molecule has 7 rings (SSSR count). The molecule has 6 heterocycles. The van der Waals surface area contributed by atoms with Gasteiger partial charge in [0, 0.05) is 77.2 Å². The Morgan fingerprint density at radius 1 is 0.662 bits per heavy atom. The first-order valence-electron chi connectivity index (χ1n) is 27.7. The van der Waals surface area contributed by atoms with Crippen LogP contribution in [-0.2, 0) is 96.3 Å². The third kappa shape index (κ3) is 17.0. The SMILES string of the molecule is C.C=C1C(C[C@@H]2O[C@H]3C[C@@H](C)[C@@H](CCC)O[C@H]3[C@H](C)[C@H]2OC(C)=O)O[C@@H](CCC=O)C[C@H]1C.C=C1C(C[C@@H]2O[C@H]3C[C@@H](C)[C@@H](CCC)O[C@H]3[C@H](C)[C@H]2OCc2ccc(OC)cc2)O[C@@H](CCC(=O)OC)C[C@H]1C.[Y]. The van der Waals surface area contributed by atoms with E-state index in [0.717, 1.165) is 86.5 Å². The fraction of sp³-hybridized carbons (Fsp3) is 0.783. The van der Waals surface area contributed by atoms with E-state index in [4.69, 9.17) is 47.4 Å². The summed E-state index contributed by atoms with van der Waals surface area (Å²) in [5.41, 5.74) is 3.24. The molecule has 6 aliphatic heterocycles. The number of rotatable bonds is 19. The Morgan fingerprint density at radius 3 is 1.61 bits per heavy atom. The Hall–Kier alpha value is -2.07. The van der Waals surface area contributed by atoms with E-state index in [1.165, 1.54) is 14.0 Å². The maximum Gasteiger partial charge on any atom is 0.305 e. The average Bonchev–Trinajstić information content (AvgIpc) is 3.35. The van der Waals surface area contributed by atoms with Crippen LogP contribution in [0.15, 0.2) is 48.6 Å². The standard InChI is InChI=1S/C33H50O7.C26H42O6.CH4.Y/c1-8-9-27-21(3)17-29-33(40-27)23(5)32(37-19-24-10-12-25(35-6)13-11-24)30(39-29)18-28-22(4)20(2)16-26(38-28)14-15-31(34)36-7;1-7-9-21-16(3)13-23-26(32-21)18(5)25(29-19(6)28)24(31-23)14-22-17(4)15(2)12-20(30-22)10-8-11-27;;/h10-13,20-21,23,26-30,32-33H,4,8-9,14-19H2,1-3,5-7H3;11,15-16,18,20-26H,4,7-10,12-14H2,1-3,5-6H3;1H4;/t20-,21-,23-,26+,27-,28?,29+,30+,32-,33+;15-,16-,18-,20+,21-,22?,23+,24+,25-,26+;;/m11../s1. The average molecular weight is 1110 g/mol. The number of carbonyl (C=O) groups excluding carboxylic acids is 3. The molecule has 13 nitrogen and oxygen atoms in total. The molecule has 1 aromatic carbocycles. The molecule has 14 heteroatoms. The van der Waals surface area contributed by atoms with Gasteiger partial charge >= 0.3 is 11.9 Å². The van der Waals surface area contributed by atoms with Gasteiger partial charge in [0.1, 0.15) is 18.1 Å². The van der Waals surface area contributed by atoms with E-state index in [9.17, 15) is 14.4 Å². The largest absolute Gasteiger partial charge is 0.497 e. The van der Waals surface area contributed by atoms with E-state index in [2.05, 4.69) is 68.5 Å². The maximum atomic E-state index is 12.0. The number of hydrogen-bond acceptors (Lipinski definition) is 13. The van der Waals surface area contributed by atoms with E-state index < -0.39 is 0 Å². The second-order valence-corrected chi connectivity index (χ2v) is 22.4. The van der Waals surface area contributed by atoms with Crippen molar-refractivity contribution in [3.63, 3.8) is 0 Å². The summed E-state index contributed by atoms with van der Waals surface area (Å²) in [4.78, 5) is 34.6. The van der Waals surface area contributed by atoms with E-state index in [-0.39, 0.29) is 149 Å². The third-order valence-electron chi connectivity index (χ3n) is 16.9. The molecular formula is C60H96O13Y. The zero-order valence-electron chi connectivity index (χ0n) is 46.3. The smallest absolute Gasteiger partial charge is 0.305 e. The van der Waals surface area contributed by atoms with Crippen molar-refractivity contribution in [3.05, 3.63) is 54.1 Å². The molecule has 74 heavy (non-hydrogen) atoms. The van der Waals surface area contributed by atoms with Crippen molar-refractivity contribution in [1.29, 1.82) is 0 Å². The Morgan fingerprint density at radius 2 is 1.15 bits per heavy atom. The molecule has 0 bridgehead atoms. The van der Waals surface area contributed by atoms with Gasteiger partial charge < -0.3 is 52.2 Å². The summed E-state index contributed by atoms with van der Waals surface area (Å²) in [5.74, 6) is 2.04. The minimum Gasteiger partial charge on any atom is -0.497 e. The number of fused-ring (bicyclic) bond motifs is 2. The Labute approximate surface area is 471 Å². The number of benzene rings is 1. The van der Waals surface area contributed by atoms with Crippen LogP contribution < -0.4 is 4.74 Å². The first-order chi connectivity index (χ1) is 34.5. The minimum absolute atomic E-state index is 0. The summed E-state index contributed by atoms with van der Waals surface area (Å²) in [6.07, 6.45) is 11.6. The molecule has 2 unspecified atom stereocenters. The van der Waals surface area contributed by atoms with Gasteiger partial charge in [-0.15, -0.1) is 0 Å². The summed E-state index contributed by atoms with van der Waals surface area (Å²) in [7, 11) is 3.10. The number of esters is 2. The predicted molar refractivity (Wildman–Crippen MR) is 283 cm³/mol. The topological polar surface area (TPSA) is 144 Å². The fourth-order valence-electron chi connectivity index (χ4n) is 12.5. The molecular weight excluding hydrogens is 1020 g/mol. The van der Waals surface area contributed by atoms with Crippen LogP contribution in [0.2, 0.25) is 0 Å². The van der Waals surface area contributed by atoms with Gasteiger partial charge in [-0.25, -0.2) is 0 Å². The normalized spacial score (nSPS) is 37.8. The summed E-state index contributed by atoms with van der Waals surface area (Å²) < 4.78 is 62.2. The summed E-state index contributed by atoms with van der Waals surface area (Å²) in [5, 5.41) is 0. The van der Waals surface area contributed by atoms with Gasteiger partial charge in [-0.05, 0) is 104 Å². The van der Waals surface area contributed by atoms with Crippen LogP contribution in [0, 0.1) is 35.5 Å². The van der Waals surface area contributed by atoms with Crippen molar-refractivity contribution in [2.75, 3.05) is 14.2 Å². The summed E-state index contributed by atoms with van der Waals surface area (Å²) in [6.45, 7) is 28.3. The molecule has 6 aliphatic rings. The molecule has 6 fully saturated rings. The molecule has 0 saturated carbocycles. The van der Waals surface area contributed by atoms with Gasteiger partial charge in [-0.3, -0.25) is 9.59 Å². The van der Waals surface area contributed by atoms with Crippen LogP contribution in [0.4, 0.5) is 0 Å². The minimum atomic E-state index is -0.383. The molecule has 6 saturated heterocycles. The summed E-state index contributed by atoms with van der Waals surface area (Å²) >= 11 is 0. The van der Waals surface area contributed by atoms with Crippen molar-refractivity contribution >= 4 is 18.2 Å². The molecule has 20 atom stereocenters. The zero-order valence-corrected chi connectivity index (χ0v) is 49.2. The first kappa shape index (κ1) is 64.5. The molecule has 0 aliphatic carbocycles. The Bertz CT molecular complexity index is 1900. The van der Waals surface area contributed by atoms with E-state index in [0.29, 0.717) is 62.4 Å². The van der Waals surface area contributed by atoms with Crippen LogP contribution in [0.1, 0.15) is 165 Å². The van der Waals surface area contributed by atoms with Crippen molar-refractivity contribution in [3.8, 4) is 5.75 Å². The van der Waals surface area contributed by atoms with Crippen molar-refractivity contribution in [2.24, 2.45) is 35.5 Å². The van der Waals surface area contributed by atoms with Gasteiger partial charge in [0.2, 0.25) is 0 Å². The molecule has 1 radical (unpaired) electrons. The third-order valence-corrected chi connectivity index (χ3v) is 16.9. The van der Waals surface area contributed by atoms with Crippen molar-refractivity contribution in [1.82, 2.24) is 0 Å². The number of aldehydes is 1. The maximum absolute atomic E-state index is 12.0. The number of carbonyl (C=O) groups is 3. The van der Waals surface area contributed by atoms with Gasteiger partial charge in [-0.1, -0.05) is 101 Å². The van der Waals surface area contributed by atoms with E-state index >= 15 is 0 Å². The molecule has 417 valence electrons. The van der Waals surface area contributed by atoms with E-state index in [1.54, 1.807) is 7.11 Å². The molecule has 0 amide bonds. The van der Waals surface area contributed by atoms with Gasteiger partial charge in [0.05, 0.1) is 100 Å². The molecule has 0 aromatic heterocycles. The van der Waals surface area contributed by atoms with Crippen molar-refractivity contribution in [2.45, 2.75) is 252 Å². The molecule has 1 aromatic rings. The second kappa shape index (κ2) is 30.9. The van der Waals surface area contributed by atoms with Crippen LogP contribution in [0.5, 0.6) is 5.75 Å². The number of methoxy groups -OCH3 is 2. The van der Waals surface area contributed by atoms with Crippen molar-refractivity contribution < 1.29 is 94.5 Å².